The van der Waals surface area contributed by atoms with Crippen LogP contribution >= 0.6 is 23.4 Å². The zero-order chi connectivity index (χ0) is 16.1. The minimum absolute atomic E-state index is 0.0157. The van der Waals surface area contributed by atoms with Crippen LogP contribution in [0.1, 0.15) is 20.3 Å². The van der Waals surface area contributed by atoms with E-state index in [2.05, 4.69) is 28.4 Å². The monoisotopic (exact) mass is 337 g/mol. The van der Waals surface area contributed by atoms with E-state index < -0.39 is 0 Å². The highest BCUT2D eigenvalue weighted by molar-refractivity contribution is 8.00. The van der Waals surface area contributed by atoms with E-state index in [1.54, 1.807) is 6.08 Å². The van der Waals surface area contributed by atoms with Gasteiger partial charge >= 0.3 is 0 Å². The number of aromatic nitrogens is 2. The zero-order valence-corrected chi connectivity index (χ0v) is 14.4. The first-order valence-electron chi connectivity index (χ1n) is 7.27. The number of carbonyl (C=O) groups excluding carboxylic acids is 1. The summed E-state index contributed by atoms with van der Waals surface area (Å²) < 4.78 is 2.15. The Labute approximate surface area is 139 Å². The molecule has 2 aromatic rings. The van der Waals surface area contributed by atoms with Crippen LogP contribution in [0.3, 0.4) is 0 Å². The Morgan fingerprint density at radius 1 is 1.59 bits per heavy atom. The number of aryl methyl sites for hydroxylation is 1. The van der Waals surface area contributed by atoms with Gasteiger partial charge in [-0.05, 0) is 31.5 Å². The van der Waals surface area contributed by atoms with Crippen molar-refractivity contribution in [3.05, 3.63) is 35.9 Å². The molecule has 0 fully saturated rings. The normalized spacial score (nSPS) is 12.3. The lowest BCUT2D eigenvalue weighted by molar-refractivity contribution is -0.120. The Kier molecular flexibility index (Phi) is 5.91. The van der Waals surface area contributed by atoms with Crippen molar-refractivity contribution in [3.63, 3.8) is 0 Å². The van der Waals surface area contributed by atoms with Gasteiger partial charge in [-0.1, -0.05) is 36.4 Å². The van der Waals surface area contributed by atoms with Crippen molar-refractivity contribution in [2.24, 2.45) is 0 Å². The molecular formula is C16H20ClN3OS. The van der Waals surface area contributed by atoms with Crippen molar-refractivity contribution >= 4 is 40.3 Å². The quantitative estimate of drug-likeness (QED) is 0.616. The molecule has 0 aliphatic rings. The number of nitrogens with zero attached hydrogens (tertiary/aromatic N) is 2. The Hall–Kier alpha value is -1.46. The van der Waals surface area contributed by atoms with Crippen LogP contribution in [0.2, 0.25) is 5.02 Å². The molecule has 6 heteroatoms. The highest BCUT2D eigenvalue weighted by Crippen LogP contribution is 2.29. The number of halogens is 1. The minimum Gasteiger partial charge on any atom is -0.352 e. The number of hydrogen-bond acceptors (Lipinski definition) is 3. The zero-order valence-electron chi connectivity index (χ0n) is 12.8. The average Bonchev–Trinajstić information content (AvgIpc) is 2.81. The first-order chi connectivity index (χ1) is 10.6. The molecule has 4 nitrogen and oxygen atoms in total. The van der Waals surface area contributed by atoms with Gasteiger partial charge in [0, 0.05) is 18.1 Å². The van der Waals surface area contributed by atoms with Crippen LogP contribution in [0.25, 0.3) is 11.0 Å². The highest BCUT2D eigenvalue weighted by atomic mass is 35.5. The van der Waals surface area contributed by atoms with Gasteiger partial charge in [0.2, 0.25) is 5.91 Å². The van der Waals surface area contributed by atoms with Crippen LogP contribution in [0.4, 0.5) is 0 Å². The molecule has 0 aliphatic carbocycles. The van der Waals surface area contributed by atoms with Crippen molar-refractivity contribution in [1.29, 1.82) is 0 Å². The average molecular weight is 338 g/mol. The molecule has 1 heterocycles. The van der Waals surface area contributed by atoms with Gasteiger partial charge in [0.15, 0.2) is 5.16 Å². The van der Waals surface area contributed by atoms with Gasteiger partial charge in [-0.3, -0.25) is 4.79 Å². The van der Waals surface area contributed by atoms with Gasteiger partial charge in [-0.15, -0.1) is 6.58 Å². The summed E-state index contributed by atoms with van der Waals surface area (Å²) in [6.07, 6.45) is 2.67. The molecule has 0 saturated heterocycles. The van der Waals surface area contributed by atoms with Crippen LogP contribution in [0, 0.1) is 0 Å². The second-order valence-electron chi connectivity index (χ2n) is 4.97. The van der Waals surface area contributed by atoms with Crippen LogP contribution in [0.5, 0.6) is 0 Å². The largest absolute Gasteiger partial charge is 0.352 e. The van der Waals surface area contributed by atoms with Gasteiger partial charge < -0.3 is 9.88 Å². The summed E-state index contributed by atoms with van der Waals surface area (Å²) in [6.45, 7) is 8.94. The molecule has 1 N–H and O–H groups in total. The van der Waals surface area contributed by atoms with E-state index in [0.717, 1.165) is 29.2 Å². The van der Waals surface area contributed by atoms with E-state index in [-0.39, 0.29) is 11.2 Å². The topological polar surface area (TPSA) is 46.9 Å². The van der Waals surface area contributed by atoms with Crippen molar-refractivity contribution < 1.29 is 4.79 Å². The van der Waals surface area contributed by atoms with Crippen LogP contribution in [-0.4, -0.2) is 27.3 Å². The van der Waals surface area contributed by atoms with E-state index in [4.69, 9.17) is 11.6 Å². The molecule has 22 heavy (non-hydrogen) atoms. The van der Waals surface area contributed by atoms with Gasteiger partial charge in [-0.2, -0.15) is 0 Å². The number of amides is 1. The van der Waals surface area contributed by atoms with E-state index in [9.17, 15) is 4.79 Å². The predicted octanol–water partition coefficient (Wildman–Crippen LogP) is 3.88. The Balaban J connectivity index is 2.27. The molecule has 1 aromatic carbocycles. The molecule has 0 unspecified atom stereocenters. The first-order valence-corrected chi connectivity index (χ1v) is 8.53. The molecule has 0 aliphatic heterocycles. The molecule has 0 bridgehead atoms. The van der Waals surface area contributed by atoms with E-state index >= 15 is 0 Å². The SMILES string of the molecule is C=CCNC(=O)[C@@H](C)Sc1nc2cc(Cl)ccc2n1CCC. The number of carbonyl (C=O) groups is 1. The number of fused-ring (bicyclic) bond motifs is 1. The Morgan fingerprint density at radius 3 is 3.05 bits per heavy atom. The molecule has 0 saturated carbocycles. The number of benzene rings is 1. The molecule has 0 spiro atoms. The summed E-state index contributed by atoms with van der Waals surface area (Å²) in [6, 6.07) is 5.70. The van der Waals surface area contributed by atoms with E-state index in [1.165, 1.54) is 11.8 Å². The summed E-state index contributed by atoms with van der Waals surface area (Å²) in [4.78, 5) is 16.6. The minimum atomic E-state index is -0.220. The molecule has 1 atom stereocenters. The summed E-state index contributed by atoms with van der Waals surface area (Å²) in [5.74, 6) is -0.0157. The molecule has 118 valence electrons. The van der Waals surface area contributed by atoms with Crippen molar-refractivity contribution in [2.45, 2.75) is 37.2 Å². The fraction of sp³-hybridized carbons (Fsp3) is 0.375. The number of thioether (sulfide) groups is 1. The molecule has 1 amide bonds. The van der Waals surface area contributed by atoms with Crippen molar-refractivity contribution in [1.82, 2.24) is 14.9 Å². The fourth-order valence-electron chi connectivity index (χ4n) is 2.14. The maximum atomic E-state index is 12.0. The standard InChI is InChI=1S/C16H20ClN3OS/c1-4-8-18-15(21)11(3)22-16-19-13-10-12(17)6-7-14(13)20(16)9-5-2/h4,6-7,10-11H,1,5,8-9H2,2-3H3,(H,18,21)/t11-/m1/s1. The smallest absolute Gasteiger partial charge is 0.233 e. The van der Waals surface area contributed by atoms with E-state index in [0.29, 0.717) is 11.6 Å². The molecule has 2 rings (SSSR count). The fourth-order valence-corrected chi connectivity index (χ4v) is 3.28. The van der Waals surface area contributed by atoms with Crippen LogP contribution in [0.15, 0.2) is 36.0 Å². The third-order valence-corrected chi connectivity index (χ3v) is 4.52. The maximum Gasteiger partial charge on any atom is 0.233 e. The van der Waals surface area contributed by atoms with Gasteiger partial charge in [0.1, 0.15) is 0 Å². The van der Waals surface area contributed by atoms with Crippen molar-refractivity contribution in [2.75, 3.05) is 6.54 Å². The van der Waals surface area contributed by atoms with Gasteiger partial charge in [0.25, 0.3) is 0 Å². The highest BCUT2D eigenvalue weighted by Gasteiger charge is 2.18. The van der Waals surface area contributed by atoms with Crippen LogP contribution < -0.4 is 5.32 Å². The second kappa shape index (κ2) is 7.70. The number of rotatable bonds is 7. The lowest BCUT2D eigenvalue weighted by atomic mass is 10.3. The predicted molar refractivity (Wildman–Crippen MR) is 93.6 cm³/mol. The number of imidazole rings is 1. The van der Waals surface area contributed by atoms with Crippen molar-refractivity contribution in [3.8, 4) is 0 Å². The number of hydrogen-bond donors (Lipinski definition) is 1. The third-order valence-electron chi connectivity index (χ3n) is 3.19. The third kappa shape index (κ3) is 3.84. The molecule has 0 radical (unpaired) electrons. The Bertz CT molecular complexity index is 683. The number of nitrogens with one attached hydrogen (secondary N) is 1. The summed E-state index contributed by atoms with van der Waals surface area (Å²) >= 11 is 7.50. The lowest BCUT2D eigenvalue weighted by Crippen LogP contribution is -2.31. The lowest BCUT2D eigenvalue weighted by Gasteiger charge is -2.12. The first kappa shape index (κ1) is 16.9. The molecule has 1 aromatic heterocycles. The van der Waals surface area contributed by atoms with Crippen LogP contribution in [-0.2, 0) is 11.3 Å². The van der Waals surface area contributed by atoms with E-state index in [1.807, 2.05) is 25.1 Å². The van der Waals surface area contributed by atoms with Gasteiger partial charge in [-0.25, -0.2) is 4.98 Å². The second-order valence-corrected chi connectivity index (χ2v) is 6.72. The Morgan fingerprint density at radius 2 is 2.36 bits per heavy atom. The summed E-state index contributed by atoms with van der Waals surface area (Å²) in [5.41, 5.74) is 1.91. The molecular weight excluding hydrogens is 318 g/mol. The summed E-state index contributed by atoms with van der Waals surface area (Å²) in [5, 5.41) is 4.11. The maximum absolute atomic E-state index is 12.0. The summed E-state index contributed by atoms with van der Waals surface area (Å²) in [7, 11) is 0. The van der Waals surface area contributed by atoms with Gasteiger partial charge in [0.05, 0.1) is 16.3 Å².